The highest BCUT2D eigenvalue weighted by Crippen LogP contribution is 2.38. The Morgan fingerprint density at radius 1 is 0.756 bits per heavy atom. The fourth-order valence-electron chi connectivity index (χ4n) is 3.87. The summed E-state index contributed by atoms with van der Waals surface area (Å²) in [5.74, 6) is -8.34. The standard InChI is InChI=1S/C30H18F9NO/c1-2-3-4-16-5-7-19(40-15-16)8-6-17-9-23(33)28(24(34)10-17)30(38,39)41-20-13-21(31)27(22(32)14-20)18-11-25(35)29(37)26(36)12-18/h5,7,9-15H,2-4H2,1H3. The fraction of sp³-hybridized carbons (Fsp3) is 0.167. The van der Waals surface area contributed by atoms with Gasteiger partial charge in [0.2, 0.25) is 0 Å². The zero-order valence-corrected chi connectivity index (χ0v) is 21.1. The lowest BCUT2D eigenvalue weighted by Crippen LogP contribution is -2.25. The van der Waals surface area contributed by atoms with Crippen molar-refractivity contribution in [3.8, 4) is 28.7 Å². The van der Waals surface area contributed by atoms with Crippen LogP contribution >= 0.6 is 0 Å². The first-order chi connectivity index (χ1) is 19.4. The van der Waals surface area contributed by atoms with Gasteiger partial charge in [0.15, 0.2) is 17.5 Å². The summed E-state index contributed by atoms with van der Waals surface area (Å²) in [6, 6.07) is 5.46. The zero-order chi connectivity index (χ0) is 29.9. The average Bonchev–Trinajstić information content (AvgIpc) is 2.88. The molecule has 0 saturated carbocycles. The lowest BCUT2D eigenvalue weighted by atomic mass is 10.0. The van der Waals surface area contributed by atoms with Crippen LogP contribution in [0.15, 0.2) is 54.7 Å². The number of hydrogen-bond donors (Lipinski definition) is 0. The number of pyridine rings is 1. The van der Waals surface area contributed by atoms with Crippen molar-refractivity contribution >= 4 is 0 Å². The highest BCUT2D eigenvalue weighted by atomic mass is 19.3. The first-order valence-corrected chi connectivity index (χ1v) is 12.1. The van der Waals surface area contributed by atoms with Crippen LogP contribution in [-0.2, 0) is 12.5 Å². The second-order valence-electron chi connectivity index (χ2n) is 8.85. The van der Waals surface area contributed by atoms with Gasteiger partial charge in [-0.05, 0) is 60.2 Å². The van der Waals surface area contributed by atoms with Crippen LogP contribution in [0.1, 0.15) is 42.1 Å². The molecule has 2 nitrogen and oxygen atoms in total. The minimum Gasteiger partial charge on any atom is -0.429 e. The number of rotatable bonds is 7. The van der Waals surface area contributed by atoms with Gasteiger partial charge in [0.25, 0.3) is 0 Å². The van der Waals surface area contributed by atoms with E-state index in [0.29, 0.717) is 24.3 Å². The first-order valence-electron chi connectivity index (χ1n) is 12.1. The topological polar surface area (TPSA) is 22.1 Å². The summed E-state index contributed by atoms with van der Waals surface area (Å²) >= 11 is 0. The first kappa shape index (κ1) is 29.5. The van der Waals surface area contributed by atoms with Crippen LogP contribution < -0.4 is 4.74 Å². The lowest BCUT2D eigenvalue weighted by molar-refractivity contribution is -0.189. The van der Waals surface area contributed by atoms with Crippen molar-refractivity contribution in [2.45, 2.75) is 32.3 Å². The quantitative estimate of drug-likeness (QED) is 0.124. The molecule has 0 fully saturated rings. The van der Waals surface area contributed by atoms with E-state index in [2.05, 4.69) is 21.6 Å². The maximum atomic E-state index is 14.8. The van der Waals surface area contributed by atoms with Crippen LogP contribution in [0.3, 0.4) is 0 Å². The monoisotopic (exact) mass is 579 g/mol. The molecule has 41 heavy (non-hydrogen) atoms. The minimum atomic E-state index is -4.76. The smallest absolute Gasteiger partial charge is 0.429 e. The summed E-state index contributed by atoms with van der Waals surface area (Å²) < 4.78 is 132. The van der Waals surface area contributed by atoms with Gasteiger partial charge in [-0.25, -0.2) is 35.7 Å². The molecule has 4 rings (SSSR count). The third-order valence-corrected chi connectivity index (χ3v) is 5.85. The number of unbranched alkanes of at least 4 members (excludes halogenated alkanes) is 1. The van der Waals surface area contributed by atoms with Crippen LogP contribution in [0.4, 0.5) is 39.5 Å². The third kappa shape index (κ3) is 6.65. The van der Waals surface area contributed by atoms with E-state index in [-0.39, 0.29) is 23.4 Å². The highest BCUT2D eigenvalue weighted by molar-refractivity contribution is 5.66. The molecule has 0 amide bonds. The van der Waals surface area contributed by atoms with E-state index in [1.807, 2.05) is 6.92 Å². The highest BCUT2D eigenvalue weighted by Gasteiger charge is 2.41. The van der Waals surface area contributed by atoms with Crippen LogP contribution in [0.2, 0.25) is 0 Å². The Balaban J connectivity index is 1.58. The molecule has 0 saturated heterocycles. The van der Waals surface area contributed by atoms with E-state index in [1.54, 1.807) is 18.3 Å². The molecule has 0 N–H and O–H groups in total. The number of alkyl halides is 2. The van der Waals surface area contributed by atoms with Gasteiger partial charge in [-0.2, -0.15) is 8.78 Å². The molecule has 0 aliphatic carbocycles. The van der Waals surface area contributed by atoms with Crippen molar-refractivity contribution in [3.05, 3.63) is 118 Å². The summed E-state index contributed by atoms with van der Waals surface area (Å²) in [5, 5.41) is 0. The maximum Gasteiger partial charge on any atom is 0.432 e. The van der Waals surface area contributed by atoms with Crippen molar-refractivity contribution < 1.29 is 44.3 Å². The molecule has 3 aromatic carbocycles. The van der Waals surface area contributed by atoms with Crippen molar-refractivity contribution in [1.29, 1.82) is 0 Å². The normalized spacial score (nSPS) is 11.3. The number of ether oxygens (including phenoxy) is 1. The Kier molecular flexibility index (Phi) is 8.61. The number of nitrogens with zero attached hydrogens (tertiary/aromatic N) is 1. The van der Waals surface area contributed by atoms with Gasteiger partial charge in [-0.15, -0.1) is 0 Å². The number of benzene rings is 3. The second kappa shape index (κ2) is 12.0. The maximum absolute atomic E-state index is 14.8. The van der Waals surface area contributed by atoms with Gasteiger partial charge in [0.1, 0.15) is 40.3 Å². The Hall–Kier alpha value is -4.46. The second-order valence-corrected chi connectivity index (χ2v) is 8.85. The number of hydrogen-bond acceptors (Lipinski definition) is 2. The molecule has 0 aliphatic rings. The van der Waals surface area contributed by atoms with E-state index in [0.717, 1.165) is 24.8 Å². The van der Waals surface area contributed by atoms with Crippen molar-refractivity contribution in [1.82, 2.24) is 4.98 Å². The number of aromatic nitrogens is 1. The van der Waals surface area contributed by atoms with Gasteiger partial charge in [0.05, 0.1) is 5.56 Å². The molecule has 0 unspecified atom stereocenters. The molecule has 11 heteroatoms. The molecule has 0 radical (unpaired) electrons. The molecular weight excluding hydrogens is 561 g/mol. The van der Waals surface area contributed by atoms with E-state index in [1.165, 1.54) is 0 Å². The molecule has 0 aliphatic heterocycles. The summed E-state index contributed by atoms with van der Waals surface area (Å²) in [7, 11) is 0. The minimum absolute atomic E-state index is 0.210. The van der Waals surface area contributed by atoms with Gasteiger partial charge >= 0.3 is 6.11 Å². The Labute approximate surface area is 228 Å². The Morgan fingerprint density at radius 2 is 1.37 bits per heavy atom. The van der Waals surface area contributed by atoms with E-state index < -0.39 is 69.3 Å². The predicted octanol–water partition coefficient (Wildman–Crippen LogP) is 8.59. The molecule has 212 valence electrons. The lowest BCUT2D eigenvalue weighted by Gasteiger charge is -2.20. The third-order valence-electron chi connectivity index (χ3n) is 5.85. The van der Waals surface area contributed by atoms with Crippen molar-refractivity contribution in [3.63, 3.8) is 0 Å². The molecule has 0 atom stereocenters. The van der Waals surface area contributed by atoms with Crippen molar-refractivity contribution in [2.24, 2.45) is 0 Å². The predicted molar refractivity (Wildman–Crippen MR) is 131 cm³/mol. The van der Waals surface area contributed by atoms with Crippen LogP contribution in [-0.4, -0.2) is 4.98 Å². The molecular formula is C30H18F9NO. The Bertz CT molecular complexity index is 1590. The molecule has 1 heterocycles. The molecule has 0 bridgehead atoms. The van der Waals surface area contributed by atoms with Crippen LogP contribution in [0.25, 0.3) is 11.1 Å². The van der Waals surface area contributed by atoms with Gasteiger partial charge < -0.3 is 4.74 Å². The number of halogens is 9. The molecule has 1 aromatic heterocycles. The largest absolute Gasteiger partial charge is 0.432 e. The molecule has 4 aromatic rings. The van der Waals surface area contributed by atoms with E-state index in [4.69, 9.17) is 0 Å². The SMILES string of the molecule is CCCCc1ccc(C#Cc2cc(F)c(C(F)(F)Oc3cc(F)c(-c4cc(F)c(F)c(F)c4)c(F)c3)c(F)c2)nc1. The fourth-order valence-corrected chi connectivity index (χ4v) is 3.87. The van der Waals surface area contributed by atoms with Crippen molar-refractivity contribution in [2.75, 3.05) is 0 Å². The Morgan fingerprint density at radius 3 is 1.90 bits per heavy atom. The van der Waals surface area contributed by atoms with Crippen LogP contribution in [0, 0.1) is 52.6 Å². The van der Waals surface area contributed by atoms with Gasteiger partial charge in [-0.1, -0.05) is 25.3 Å². The van der Waals surface area contributed by atoms with Gasteiger partial charge in [0, 0.05) is 23.9 Å². The molecule has 0 spiro atoms. The summed E-state index contributed by atoms with van der Waals surface area (Å²) in [4.78, 5) is 4.13. The van der Waals surface area contributed by atoms with Crippen LogP contribution in [0.5, 0.6) is 5.75 Å². The van der Waals surface area contributed by atoms with E-state index in [9.17, 15) is 39.5 Å². The summed E-state index contributed by atoms with van der Waals surface area (Å²) in [6.07, 6.45) is -0.357. The summed E-state index contributed by atoms with van der Waals surface area (Å²) in [5.41, 5.74) is -2.74. The number of aryl methyl sites for hydroxylation is 1. The van der Waals surface area contributed by atoms with E-state index >= 15 is 0 Å². The average molecular weight is 579 g/mol. The summed E-state index contributed by atoms with van der Waals surface area (Å²) in [6.45, 7) is 2.04. The zero-order valence-electron chi connectivity index (χ0n) is 21.1. The van der Waals surface area contributed by atoms with Gasteiger partial charge in [-0.3, -0.25) is 0 Å².